The molecule has 0 saturated heterocycles. The molecule has 0 aliphatic rings. The van der Waals surface area contributed by atoms with Crippen LogP contribution >= 0.6 is 22.6 Å². The molecule has 0 unspecified atom stereocenters. The maximum absolute atomic E-state index is 12.7. The Bertz CT molecular complexity index is 950. The number of aromatic nitrogens is 2. The Hall–Kier alpha value is -2.22. The van der Waals surface area contributed by atoms with E-state index in [1.807, 2.05) is 31.2 Å². The number of amides is 1. The second-order valence-corrected chi connectivity index (χ2v) is 6.11. The number of para-hydroxylation sites is 1. The van der Waals surface area contributed by atoms with E-state index in [1.165, 1.54) is 4.68 Å². The quantitative estimate of drug-likeness (QED) is 0.663. The minimum absolute atomic E-state index is 0.186. The van der Waals surface area contributed by atoms with Gasteiger partial charge in [-0.1, -0.05) is 30.3 Å². The molecule has 0 atom stereocenters. The number of nitrogens with zero attached hydrogens (tertiary/aromatic N) is 2. The Kier molecular flexibility index (Phi) is 4.42. The number of aryl methyl sites for hydroxylation is 1. The standard InChI is InChI=1S/C17H14IN3O2/c1-2-21-17(23)12-8-4-3-7-11(12)15(20-21)16(22)19-14-10-6-5-9-13(14)18/h3-10H,2H2,1H3,(H,19,22). The van der Waals surface area contributed by atoms with E-state index < -0.39 is 0 Å². The van der Waals surface area contributed by atoms with Crippen LogP contribution in [0.4, 0.5) is 5.69 Å². The lowest BCUT2D eigenvalue weighted by molar-refractivity contribution is 0.102. The first-order valence-corrected chi connectivity index (χ1v) is 8.25. The van der Waals surface area contributed by atoms with Crippen LogP contribution in [0.5, 0.6) is 0 Å². The second kappa shape index (κ2) is 6.49. The van der Waals surface area contributed by atoms with Gasteiger partial charge in [-0.3, -0.25) is 9.59 Å². The van der Waals surface area contributed by atoms with Gasteiger partial charge >= 0.3 is 0 Å². The Labute approximate surface area is 146 Å². The van der Waals surface area contributed by atoms with Crippen molar-refractivity contribution in [3.63, 3.8) is 0 Å². The molecule has 1 heterocycles. The number of nitrogens with one attached hydrogen (secondary N) is 1. The topological polar surface area (TPSA) is 64.0 Å². The third-order valence-electron chi connectivity index (χ3n) is 3.50. The van der Waals surface area contributed by atoms with Gasteiger partial charge in [0.05, 0.1) is 11.1 Å². The number of hydrogen-bond acceptors (Lipinski definition) is 3. The van der Waals surface area contributed by atoms with Crippen molar-refractivity contribution in [3.8, 4) is 0 Å². The third-order valence-corrected chi connectivity index (χ3v) is 4.45. The number of hydrogen-bond donors (Lipinski definition) is 1. The molecule has 2 aromatic carbocycles. The average molecular weight is 419 g/mol. The molecule has 0 fully saturated rings. The first-order valence-electron chi connectivity index (χ1n) is 7.17. The van der Waals surface area contributed by atoms with Crippen LogP contribution in [0.1, 0.15) is 17.4 Å². The fraction of sp³-hybridized carbons (Fsp3) is 0.118. The summed E-state index contributed by atoms with van der Waals surface area (Å²) in [5.74, 6) is -0.326. The smallest absolute Gasteiger partial charge is 0.276 e. The lowest BCUT2D eigenvalue weighted by atomic mass is 10.1. The third kappa shape index (κ3) is 2.98. The summed E-state index contributed by atoms with van der Waals surface area (Å²) in [7, 11) is 0. The molecule has 3 aromatic rings. The van der Waals surface area contributed by atoms with Crippen molar-refractivity contribution in [3.05, 3.63) is 68.1 Å². The molecular formula is C17H14IN3O2. The number of carbonyl (C=O) groups is 1. The van der Waals surface area contributed by atoms with Crippen molar-refractivity contribution in [2.75, 3.05) is 5.32 Å². The first-order chi connectivity index (χ1) is 11.1. The van der Waals surface area contributed by atoms with E-state index in [1.54, 1.807) is 24.3 Å². The van der Waals surface area contributed by atoms with Gasteiger partial charge in [0.15, 0.2) is 5.69 Å². The Morgan fingerprint density at radius 3 is 2.48 bits per heavy atom. The molecule has 0 bridgehead atoms. The zero-order valence-electron chi connectivity index (χ0n) is 12.4. The first kappa shape index (κ1) is 15.7. The monoisotopic (exact) mass is 419 g/mol. The summed E-state index contributed by atoms with van der Waals surface area (Å²) in [6.45, 7) is 2.23. The molecule has 6 heteroatoms. The van der Waals surface area contributed by atoms with E-state index in [0.29, 0.717) is 17.3 Å². The predicted octanol–water partition coefficient (Wildman–Crippen LogP) is 3.27. The molecule has 0 radical (unpaired) electrons. The highest BCUT2D eigenvalue weighted by Gasteiger charge is 2.16. The predicted molar refractivity (Wildman–Crippen MR) is 98.8 cm³/mol. The van der Waals surface area contributed by atoms with Crippen LogP contribution in [0, 0.1) is 3.57 Å². The number of rotatable bonds is 3. The molecule has 1 amide bonds. The minimum atomic E-state index is -0.326. The zero-order valence-corrected chi connectivity index (χ0v) is 14.6. The van der Waals surface area contributed by atoms with Gasteiger partial charge in [-0.2, -0.15) is 5.10 Å². The van der Waals surface area contributed by atoms with Crippen LogP contribution in [0.3, 0.4) is 0 Å². The summed E-state index contributed by atoms with van der Waals surface area (Å²) in [4.78, 5) is 25.0. The van der Waals surface area contributed by atoms with Gasteiger partial charge in [-0.05, 0) is 47.7 Å². The van der Waals surface area contributed by atoms with E-state index in [0.717, 1.165) is 9.26 Å². The molecule has 0 aliphatic carbocycles. The number of benzene rings is 2. The van der Waals surface area contributed by atoms with E-state index in [4.69, 9.17) is 0 Å². The minimum Gasteiger partial charge on any atom is -0.320 e. The molecule has 1 aromatic heterocycles. The molecular weight excluding hydrogens is 405 g/mol. The second-order valence-electron chi connectivity index (χ2n) is 4.95. The van der Waals surface area contributed by atoms with Gasteiger partial charge in [0.1, 0.15) is 0 Å². The molecule has 23 heavy (non-hydrogen) atoms. The lowest BCUT2D eigenvalue weighted by Crippen LogP contribution is -2.27. The van der Waals surface area contributed by atoms with Gasteiger partial charge < -0.3 is 5.32 Å². The highest BCUT2D eigenvalue weighted by atomic mass is 127. The van der Waals surface area contributed by atoms with Crippen LogP contribution in [0.25, 0.3) is 10.8 Å². The summed E-state index contributed by atoms with van der Waals surface area (Å²) in [6, 6.07) is 14.5. The largest absolute Gasteiger partial charge is 0.320 e. The number of fused-ring (bicyclic) bond motifs is 1. The Morgan fingerprint density at radius 1 is 1.13 bits per heavy atom. The van der Waals surface area contributed by atoms with Gasteiger partial charge in [0.25, 0.3) is 11.5 Å². The van der Waals surface area contributed by atoms with Crippen molar-refractivity contribution < 1.29 is 4.79 Å². The van der Waals surface area contributed by atoms with Gasteiger partial charge in [-0.25, -0.2) is 4.68 Å². The molecule has 0 spiro atoms. The Balaban J connectivity index is 2.12. The lowest BCUT2D eigenvalue weighted by Gasteiger charge is -2.11. The Morgan fingerprint density at radius 2 is 1.78 bits per heavy atom. The van der Waals surface area contributed by atoms with E-state index in [-0.39, 0.29) is 17.2 Å². The van der Waals surface area contributed by atoms with Crippen LogP contribution in [-0.4, -0.2) is 15.7 Å². The van der Waals surface area contributed by atoms with Crippen molar-refractivity contribution in [2.24, 2.45) is 0 Å². The van der Waals surface area contributed by atoms with Crippen LogP contribution < -0.4 is 10.9 Å². The molecule has 116 valence electrons. The van der Waals surface area contributed by atoms with Crippen LogP contribution in [-0.2, 0) is 6.54 Å². The van der Waals surface area contributed by atoms with Gasteiger partial charge in [0.2, 0.25) is 0 Å². The van der Waals surface area contributed by atoms with Crippen molar-refractivity contribution in [2.45, 2.75) is 13.5 Å². The summed E-state index contributed by atoms with van der Waals surface area (Å²) in [5, 5.41) is 8.16. The average Bonchev–Trinajstić information content (AvgIpc) is 2.57. The maximum Gasteiger partial charge on any atom is 0.276 e. The normalized spacial score (nSPS) is 10.7. The molecule has 0 saturated carbocycles. The zero-order chi connectivity index (χ0) is 16.4. The van der Waals surface area contributed by atoms with Crippen molar-refractivity contribution >= 4 is 45.0 Å². The summed E-state index contributed by atoms with van der Waals surface area (Å²) in [6.07, 6.45) is 0. The van der Waals surface area contributed by atoms with Crippen LogP contribution in [0.15, 0.2) is 53.3 Å². The molecule has 1 N–H and O–H groups in total. The van der Waals surface area contributed by atoms with Crippen molar-refractivity contribution in [1.82, 2.24) is 9.78 Å². The van der Waals surface area contributed by atoms with Crippen LogP contribution in [0.2, 0.25) is 0 Å². The maximum atomic E-state index is 12.7. The molecule has 0 aliphatic heterocycles. The SMILES string of the molecule is CCn1nc(C(=O)Nc2ccccc2I)c2ccccc2c1=O. The summed E-state index contributed by atoms with van der Waals surface area (Å²) >= 11 is 2.16. The van der Waals surface area contributed by atoms with E-state index in [2.05, 4.69) is 33.0 Å². The van der Waals surface area contributed by atoms with Crippen molar-refractivity contribution in [1.29, 1.82) is 0 Å². The fourth-order valence-electron chi connectivity index (χ4n) is 2.36. The number of carbonyl (C=O) groups excluding carboxylic acids is 1. The fourth-order valence-corrected chi connectivity index (χ4v) is 2.88. The molecule has 5 nitrogen and oxygen atoms in total. The number of anilines is 1. The highest BCUT2D eigenvalue weighted by molar-refractivity contribution is 14.1. The van der Waals surface area contributed by atoms with E-state index >= 15 is 0 Å². The summed E-state index contributed by atoms with van der Waals surface area (Å²) < 4.78 is 2.25. The van der Waals surface area contributed by atoms with Gasteiger partial charge in [0, 0.05) is 15.5 Å². The summed E-state index contributed by atoms with van der Waals surface area (Å²) in [5.41, 5.74) is 0.786. The van der Waals surface area contributed by atoms with E-state index in [9.17, 15) is 9.59 Å². The number of halogens is 1. The van der Waals surface area contributed by atoms with Gasteiger partial charge in [-0.15, -0.1) is 0 Å². The molecule has 3 rings (SSSR count). The highest BCUT2D eigenvalue weighted by Crippen LogP contribution is 2.19.